The molecule has 2 rings (SSSR count). The van der Waals surface area contributed by atoms with E-state index in [1.165, 1.54) is 45.6 Å². The fraction of sp³-hybridized carbons (Fsp3) is 0.278. The van der Waals surface area contributed by atoms with Crippen molar-refractivity contribution in [3.05, 3.63) is 42.0 Å². The molecule has 146 valence electrons. The summed E-state index contributed by atoms with van der Waals surface area (Å²) in [6.07, 6.45) is 0. The number of anilines is 1. The molecule has 2 N–H and O–H groups in total. The highest BCUT2D eigenvalue weighted by Crippen LogP contribution is 2.40. The SMILES string of the molecule is CCNS(=O)(=O)c1ccc(C(=O)Nc2cc(OC)c(OC)c(OC)c2)cc1. The molecule has 0 aliphatic rings. The van der Waals surface area contributed by atoms with Gasteiger partial charge in [-0.25, -0.2) is 13.1 Å². The maximum Gasteiger partial charge on any atom is 0.255 e. The predicted molar refractivity (Wildman–Crippen MR) is 101 cm³/mol. The van der Waals surface area contributed by atoms with Gasteiger partial charge in [-0.05, 0) is 24.3 Å². The van der Waals surface area contributed by atoms with Crippen LogP contribution in [0.3, 0.4) is 0 Å². The van der Waals surface area contributed by atoms with Crippen molar-refractivity contribution < 1.29 is 27.4 Å². The number of sulfonamides is 1. The molecule has 0 bridgehead atoms. The number of carbonyl (C=O) groups is 1. The van der Waals surface area contributed by atoms with Crippen LogP contribution in [0.1, 0.15) is 17.3 Å². The Labute approximate surface area is 158 Å². The zero-order valence-corrected chi connectivity index (χ0v) is 16.3. The van der Waals surface area contributed by atoms with Gasteiger partial charge in [0.25, 0.3) is 5.91 Å². The molecule has 8 nitrogen and oxygen atoms in total. The van der Waals surface area contributed by atoms with Gasteiger partial charge >= 0.3 is 0 Å². The molecule has 2 aromatic carbocycles. The van der Waals surface area contributed by atoms with Crippen LogP contribution in [-0.2, 0) is 10.0 Å². The number of methoxy groups -OCH3 is 3. The molecular weight excluding hydrogens is 372 g/mol. The summed E-state index contributed by atoms with van der Waals surface area (Å²) >= 11 is 0. The van der Waals surface area contributed by atoms with Crippen LogP contribution in [-0.4, -0.2) is 42.2 Å². The third-order valence-corrected chi connectivity index (χ3v) is 5.25. The summed E-state index contributed by atoms with van der Waals surface area (Å²) in [6, 6.07) is 8.84. The largest absolute Gasteiger partial charge is 0.493 e. The van der Waals surface area contributed by atoms with E-state index < -0.39 is 15.9 Å². The van der Waals surface area contributed by atoms with Crippen molar-refractivity contribution in [3.8, 4) is 17.2 Å². The van der Waals surface area contributed by atoms with Crippen molar-refractivity contribution in [3.63, 3.8) is 0 Å². The summed E-state index contributed by atoms with van der Waals surface area (Å²) in [7, 11) is 0.879. The minimum absolute atomic E-state index is 0.0914. The molecule has 2 aromatic rings. The summed E-state index contributed by atoms with van der Waals surface area (Å²) in [6.45, 7) is 1.97. The third kappa shape index (κ3) is 4.69. The molecule has 0 heterocycles. The van der Waals surface area contributed by atoms with Crippen molar-refractivity contribution in [1.82, 2.24) is 4.72 Å². The predicted octanol–water partition coefficient (Wildman–Crippen LogP) is 2.26. The van der Waals surface area contributed by atoms with Gasteiger partial charge in [0, 0.05) is 29.9 Å². The summed E-state index contributed by atoms with van der Waals surface area (Å²) in [5, 5.41) is 2.72. The van der Waals surface area contributed by atoms with Crippen molar-refractivity contribution >= 4 is 21.6 Å². The fourth-order valence-electron chi connectivity index (χ4n) is 2.42. The normalized spacial score (nSPS) is 11.0. The van der Waals surface area contributed by atoms with Crippen molar-refractivity contribution in [2.45, 2.75) is 11.8 Å². The van der Waals surface area contributed by atoms with Crippen LogP contribution >= 0.6 is 0 Å². The van der Waals surface area contributed by atoms with Gasteiger partial charge in [-0.15, -0.1) is 0 Å². The Bertz CT molecular complexity index is 885. The first-order valence-corrected chi connectivity index (χ1v) is 9.55. The molecule has 0 aliphatic carbocycles. The average Bonchev–Trinajstić information content (AvgIpc) is 2.67. The summed E-state index contributed by atoms with van der Waals surface area (Å²) in [5.41, 5.74) is 0.748. The first-order chi connectivity index (χ1) is 12.9. The minimum atomic E-state index is -3.57. The van der Waals surface area contributed by atoms with Crippen molar-refractivity contribution in [2.75, 3.05) is 33.2 Å². The highest BCUT2D eigenvalue weighted by molar-refractivity contribution is 7.89. The molecule has 0 aliphatic heterocycles. The molecule has 0 fully saturated rings. The number of hydrogen-bond donors (Lipinski definition) is 2. The second kappa shape index (κ2) is 8.74. The van der Waals surface area contributed by atoms with Crippen LogP contribution < -0.4 is 24.2 Å². The van der Waals surface area contributed by atoms with Gasteiger partial charge in [0.2, 0.25) is 15.8 Å². The minimum Gasteiger partial charge on any atom is -0.493 e. The van der Waals surface area contributed by atoms with Crippen LogP contribution in [0.5, 0.6) is 17.2 Å². The lowest BCUT2D eigenvalue weighted by molar-refractivity contribution is 0.102. The van der Waals surface area contributed by atoms with Crippen LogP contribution in [0.2, 0.25) is 0 Å². The van der Waals surface area contributed by atoms with Crippen molar-refractivity contribution in [1.29, 1.82) is 0 Å². The van der Waals surface area contributed by atoms with Crippen LogP contribution in [0.15, 0.2) is 41.3 Å². The quantitative estimate of drug-likeness (QED) is 0.712. The van der Waals surface area contributed by atoms with Crippen LogP contribution in [0.25, 0.3) is 0 Å². The molecule has 1 amide bonds. The Hall–Kier alpha value is -2.78. The zero-order chi connectivity index (χ0) is 20.0. The second-order valence-electron chi connectivity index (χ2n) is 5.39. The lowest BCUT2D eigenvalue weighted by Gasteiger charge is -2.14. The Balaban J connectivity index is 2.25. The molecule has 0 saturated carbocycles. The lowest BCUT2D eigenvalue weighted by Crippen LogP contribution is -2.23. The zero-order valence-electron chi connectivity index (χ0n) is 15.5. The molecule has 0 atom stereocenters. The molecule has 0 unspecified atom stereocenters. The molecule has 0 aromatic heterocycles. The van der Waals surface area contributed by atoms with Gasteiger partial charge in [-0.1, -0.05) is 6.92 Å². The Morgan fingerprint density at radius 1 is 0.963 bits per heavy atom. The van der Waals surface area contributed by atoms with E-state index in [0.717, 1.165) is 0 Å². The monoisotopic (exact) mass is 394 g/mol. The lowest BCUT2D eigenvalue weighted by atomic mass is 10.2. The first-order valence-electron chi connectivity index (χ1n) is 8.07. The molecule has 0 spiro atoms. The Morgan fingerprint density at radius 2 is 1.52 bits per heavy atom. The smallest absolute Gasteiger partial charge is 0.255 e. The number of rotatable bonds is 8. The maximum atomic E-state index is 12.5. The highest BCUT2D eigenvalue weighted by Gasteiger charge is 2.16. The van der Waals surface area contributed by atoms with Gasteiger partial charge in [0.15, 0.2) is 11.5 Å². The van der Waals surface area contributed by atoms with Gasteiger partial charge in [0.1, 0.15) is 0 Å². The standard InChI is InChI=1S/C18H22N2O6S/c1-5-19-27(22,23)14-8-6-12(7-9-14)18(21)20-13-10-15(24-2)17(26-4)16(11-13)25-3/h6-11,19H,5H2,1-4H3,(H,20,21). The average molecular weight is 394 g/mol. The fourth-order valence-corrected chi connectivity index (χ4v) is 3.46. The van der Waals surface area contributed by atoms with E-state index >= 15 is 0 Å². The molecule has 27 heavy (non-hydrogen) atoms. The molecular formula is C18H22N2O6S. The van der Waals surface area contributed by atoms with Gasteiger partial charge < -0.3 is 19.5 Å². The summed E-state index contributed by atoms with van der Waals surface area (Å²) in [5.74, 6) is 0.811. The van der Waals surface area contributed by atoms with Crippen LogP contribution in [0.4, 0.5) is 5.69 Å². The van der Waals surface area contributed by atoms with E-state index in [2.05, 4.69) is 10.0 Å². The molecule has 9 heteroatoms. The molecule has 0 radical (unpaired) electrons. The summed E-state index contributed by atoms with van der Waals surface area (Å²) < 4.78 is 42.1. The van der Waals surface area contributed by atoms with E-state index in [1.807, 2.05) is 0 Å². The second-order valence-corrected chi connectivity index (χ2v) is 7.16. The van der Waals surface area contributed by atoms with E-state index in [0.29, 0.717) is 28.5 Å². The number of hydrogen-bond acceptors (Lipinski definition) is 6. The van der Waals surface area contributed by atoms with Crippen LogP contribution in [0, 0.1) is 0 Å². The number of ether oxygens (including phenoxy) is 3. The third-order valence-electron chi connectivity index (χ3n) is 3.68. The Morgan fingerprint density at radius 3 is 1.96 bits per heavy atom. The number of carbonyl (C=O) groups excluding carboxylic acids is 1. The van der Waals surface area contributed by atoms with Gasteiger partial charge in [-0.3, -0.25) is 4.79 Å². The molecule has 0 saturated heterocycles. The number of nitrogens with one attached hydrogen (secondary N) is 2. The van der Waals surface area contributed by atoms with E-state index in [-0.39, 0.29) is 11.4 Å². The first kappa shape index (κ1) is 20.5. The number of benzene rings is 2. The maximum absolute atomic E-state index is 12.5. The van der Waals surface area contributed by atoms with E-state index in [9.17, 15) is 13.2 Å². The van der Waals surface area contributed by atoms with Gasteiger partial charge in [-0.2, -0.15) is 0 Å². The Kier molecular flexibility index (Phi) is 6.65. The highest BCUT2D eigenvalue weighted by atomic mass is 32.2. The van der Waals surface area contributed by atoms with Gasteiger partial charge in [0.05, 0.1) is 26.2 Å². The van der Waals surface area contributed by atoms with Crippen molar-refractivity contribution in [2.24, 2.45) is 0 Å². The van der Waals surface area contributed by atoms with E-state index in [1.54, 1.807) is 19.1 Å². The topological polar surface area (TPSA) is 103 Å². The number of amides is 1. The van der Waals surface area contributed by atoms with E-state index in [4.69, 9.17) is 14.2 Å². The summed E-state index contributed by atoms with van der Waals surface area (Å²) in [4.78, 5) is 12.6.